The normalized spacial score (nSPS) is 15.9. The molecular formula is C22H26N4O. The van der Waals surface area contributed by atoms with E-state index in [1.54, 1.807) is 0 Å². The first-order valence-corrected chi connectivity index (χ1v) is 9.66. The van der Waals surface area contributed by atoms with Crippen molar-refractivity contribution in [2.45, 2.75) is 32.9 Å². The molecule has 5 nitrogen and oxygen atoms in total. The minimum atomic E-state index is 0.113. The number of nitrogens with one attached hydrogen (secondary N) is 2. The number of aryl methyl sites for hydroxylation is 1. The van der Waals surface area contributed by atoms with Gasteiger partial charge in [0.15, 0.2) is 0 Å². The predicted octanol–water partition coefficient (Wildman–Crippen LogP) is 3.40. The fourth-order valence-corrected chi connectivity index (χ4v) is 3.69. The lowest BCUT2D eigenvalue weighted by molar-refractivity contribution is -0.126. The number of carbonyl (C=O) groups excluding carboxylic acids is 1. The van der Waals surface area contributed by atoms with Crippen LogP contribution in [0, 0.1) is 12.8 Å². The standard InChI is InChI=1S/C22H26N4O/c1-16-6-8-17(9-7-16)14-23-22(27)18-10-12-26(13-11-18)15-21-24-19-4-2-3-5-20(19)25-21/h2-9,18H,10-15H2,1H3,(H,23,27)(H,24,25). The molecule has 1 amide bonds. The van der Waals surface area contributed by atoms with Crippen LogP contribution in [-0.4, -0.2) is 33.9 Å². The molecule has 0 saturated carbocycles. The van der Waals surface area contributed by atoms with Gasteiger partial charge < -0.3 is 10.3 Å². The van der Waals surface area contributed by atoms with E-state index in [0.29, 0.717) is 6.54 Å². The number of likely N-dealkylation sites (tertiary alicyclic amines) is 1. The van der Waals surface area contributed by atoms with Gasteiger partial charge in [-0.25, -0.2) is 4.98 Å². The number of amides is 1. The lowest BCUT2D eigenvalue weighted by Gasteiger charge is -2.30. The maximum Gasteiger partial charge on any atom is 0.223 e. The van der Waals surface area contributed by atoms with Gasteiger partial charge in [-0.1, -0.05) is 42.0 Å². The van der Waals surface area contributed by atoms with Gasteiger partial charge in [0.1, 0.15) is 5.82 Å². The number of aromatic nitrogens is 2. The van der Waals surface area contributed by atoms with Crippen molar-refractivity contribution in [3.05, 3.63) is 65.5 Å². The van der Waals surface area contributed by atoms with E-state index < -0.39 is 0 Å². The molecule has 0 spiro atoms. The van der Waals surface area contributed by atoms with Crippen LogP contribution in [0.15, 0.2) is 48.5 Å². The Labute approximate surface area is 159 Å². The number of imidazole rings is 1. The lowest BCUT2D eigenvalue weighted by Crippen LogP contribution is -2.40. The van der Waals surface area contributed by atoms with Crippen molar-refractivity contribution in [2.24, 2.45) is 5.92 Å². The van der Waals surface area contributed by atoms with Gasteiger partial charge in [-0.2, -0.15) is 0 Å². The van der Waals surface area contributed by atoms with Crippen LogP contribution in [0.1, 0.15) is 29.8 Å². The summed E-state index contributed by atoms with van der Waals surface area (Å²) in [6.45, 7) is 5.35. The monoisotopic (exact) mass is 362 g/mol. The Morgan fingerprint density at radius 1 is 1.15 bits per heavy atom. The van der Waals surface area contributed by atoms with Crippen molar-refractivity contribution in [1.82, 2.24) is 20.2 Å². The van der Waals surface area contributed by atoms with Crippen LogP contribution in [0.5, 0.6) is 0 Å². The van der Waals surface area contributed by atoms with Crippen molar-refractivity contribution in [1.29, 1.82) is 0 Å². The minimum absolute atomic E-state index is 0.113. The summed E-state index contributed by atoms with van der Waals surface area (Å²) >= 11 is 0. The van der Waals surface area contributed by atoms with E-state index in [0.717, 1.165) is 54.9 Å². The Morgan fingerprint density at radius 3 is 2.63 bits per heavy atom. The van der Waals surface area contributed by atoms with Crippen molar-refractivity contribution in [2.75, 3.05) is 13.1 Å². The second kappa shape index (κ2) is 7.92. The average Bonchev–Trinajstić information content (AvgIpc) is 3.10. The van der Waals surface area contributed by atoms with Gasteiger partial charge in [-0.3, -0.25) is 9.69 Å². The summed E-state index contributed by atoms with van der Waals surface area (Å²) in [5, 5.41) is 3.09. The fourth-order valence-electron chi connectivity index (χ4n) is 3.69. The minimum Gasteiger partial charge on any atom is -0.352 e. The molecule has 5 heteroatoms. The largest absolute Gasteiger partial charge is 0.352 e. The molecule has 0 atom stereocenters. The molecule has 0 aliphatic carbocycles. The Hall–Kier alpha value is -2.66. The fraction of sp³-hybridized carbons (Fsp3) is 0.364. The molecular weight excluding hydrogens is 336 g/mol. The van der Waals surface area contributed by atoms with Crippen molar-refractivity contribution in [3.63, 3.8) is 0 Å². The zero-order valence-corrected chi connectivity index (χ0v) is 15.7. The molecule has 140 valence electrons. The summed E-state index contributed by atoms with van der Waals surface area (Å²) in [4.78, 5) is 22.9. The smallest absolute Gasteiger partial charge is 0.223 e. The quantitative estimate of drug-likeness (QED) is 0.731. The van der Waals surface area contributed by atoms with E-state index in [1.165, 1.54) is 5.56 Å². The number of fused-ring (bicyclic) bond motifs is 1. The molecule has 2 N–H and O–H groups in total. The third-order valence-electron chi connectivity index (χ3n) is 5.36. The second-order valence-electron chi connectivity index (χ2n) is 7.45. The molecule has 0 bridgehead atoms. The Balaban J connectivity index is 1.25. The molecule has 2 heterocycles. The first-order valence-electron chi connectivity index (χ1n) is 9.66. The lowest BCUT2D eigenvalue weighted by atomic mass is 9.96. The molecule has 1 aliphatic rings. The van der Waals surface area contributed by atoms with Crippen LogP contribution in [-0.2, 0) is 17.9 Å². The van der Waals surface area contributed by atoms with E-state index in [-0.39, 0.29) is 11.8 Å². The Bertz CT molecular complexity index is 874. The van der Waals surface area contributed by atoms with Crippen LogP contribution in [0.2, 0.25) is 0 Å². The summed E-state index contributed by atoms with van der Waals surface area (Å²) in [6, 6.07) is 16.4. The first-order chi connectivity index (χ1) is 13.2. The second-order valence-corrected chi connectivity index (χ2v) is 7.45. The van der Waals surface area contributed by atoms with E-state index in [9.17, 15) is 4.79 Å². The van der Waals surface area contributed by atoms with Crippen molar-refractivity contribution < 1.29 is 4.79 Å². The number of para-hydroxylation sites is 2. The highest BCUT2D eigenvalue weighted by molar-refractivity contribution is 5.78. The Kier molecular flexibility index (Phi) is 5.21. The number of aromatic amines is 1. The van der Waals surface area contributed by atoms with E-state index in [1.807, 2.05) is 18.2 Å². The summed E-state index contributed by atoms with van der Waals surface area (Å²) in [7, 11) is 0. The number of rotatable bonds is 5. The summed E-state index contributed by atoms with van der Waals surface area (Å²) in [5.41, 5.74) is 4.48. The third kappa shape index (κ3) is 4.37. The number of hydrogen-bond donors (Lipinski definition) is 2. The summed E-state index contributed by atoms with van der Waals surface area (Å²) in [6.07, 6.45) is 1.81. The predicted molar refractivity (Wildman–Crippen MR) is 107 cm³/mol. The molecule has 1 aliphatic heterocycles. The topological polar surface area (TPSA) is 61.0 Å². The van der Waals surface area contributed by atoms with Gasteiger partial charge >= 0.3 is 0 Å². The van der Waals surface area contributed by atoms with Crippen molar-refractivity contribution >= 4 is 16.9 Å². The van der Waals surface area contributed by atoms with E-state index >= 15 is 0 Å². The van der Waals surface area contributed by atoms with Gasteiger partial charge in [0.05, 0.1) is 17.6 Å². The SMILES string of the molecule is Cc1ccc(CNC(=O)C2CCN(Cc3nc4ccccc4[nH]3)CC2)cc1. The average molecular weight is 362 g/mol. The maximum absolute atomic E-state index is 12.5. The van der Waals surface area contributed by atoms with Crippen LogP contribution in [0.25, 0.3) is 11.0 Å². The highest BCUT2D eigenvalue weighted by atomic mass is 16.1. The molecule has 4 rings (SSSR count). The number of piperidine rings is 1. The number of H-pyrrole nitrogens is 1. The summed E-state index contributed by atoms with van der Waals surface area (Å²) in [5.74, 6) is 1.29. The zero-order chi connectivity index (χ0) is 18.6. The van der Waals surface area contributed by atoms with Crippen molar-refractivity contribution in [3.8, 4) is 0 Å². The van der Waals surface area contributed by atoms with Gasteiger partial charge in [0, 0.05) is 12.5 Å². The number of carbonyl (C=O) groups is 1. The summed E-state index contributed by atoms with van der Waals surface area (Å²) < 4.78 is 0. The van der Waals surface area contributed by atoms with Gasteiger partial charge in [-0.15, -0.1) is 0 Å². The van der Waals surface area contributed by atoms with Gasteiger partial charge in [0.25, 0.3) is 0 Å². The van der Waals surface area contributed by atoms with E-state index in [4.69, 9.17) is 0 Å². The van der Waals surface area contributed by atoms with Crippen LogP contribution >= 0.6 is 0 Å². The molecule has 3 aromatic rings. The van der Waals surface area contributed by atoms with Crippen LogP contribution < -0.4 is 5.32 Å². The highest BCUT2D eigenvalue weighted by Crippen LogP contribution is 2.20. The number of benzene rings is 2. The van der Waals surface area contributed by atoms with Crippen LogP contribution in [0.4, 0.5) is 0 Å². The molecule has 1 fully saturated rings. The number of nitrogens with zero attached hydrogens (tertiary/aromatic N) is 2. The van der Waals surface area contributed by atoms with Gasteiger partial charge in [0.2, 0.25) is 5.91 Å². The third-order valence-corrected chi connectivity index (χ3v) is 5.36. The van der Waals surface area contributed by atoms with Gasteiger partial charge in [-0.05, 0) is 50.6 Å². The van der Waals surface area contributed by atoms with Crippen LogP contribution in [0.3, 0.4) is 0 Å². The number of hydrogen-bond acceptors (Lipinski definition) is 3. The molecule has 2 aromatic carbocycles. The zero-order valence-electron chi connectivity index (χ0n) is 15.7. The Morgan fingerprint density at radius 2 is 1.89 bits per heavy atom. The maximum atomic E-state index is 12.5. The highest BCUT2D eigenvalue weighted by Gasteiger charge is 2.25. The first kappa shape index (κ1) is 17.7. The molecule has 0 radical (unpaired) electrons. The molecule has 27 heavy (non-hydrogen) atoms. The van der Waals surface area contributed by atoms with E-state index in [2.05, 4.69) is 57.4 Å². The molecule has 0 unspecified atom stereocenters. The molecule has 1 aromatic heterocycles. The molecule has 1 saturated heterocycles.